The fourth-order valence-corrected chi connectivity index (χ4v) is 1.92. The van der Waals surface area contributed by atoms with Crippen LogP contribution in [0.3, 0.4) is 0 Å². The van der Waals surface area contributed by atoms with Crippen molar-refractivity contribution in [3.63, 3.8) is 0 Å². The minimum atomic E-state index is -1.04. The summed E-state index contributed by atoms with van der Waals surface area (Å²) in [5.41, 5.74) is 1.07. The summed E-state index contributed by atoms with van der Waals surface area (Å²) < 4.78 is 18.9. The Balaban J connectivity index is 2.08. The van der Waals surface area contributed by atoms with Crippen LogP contribution in [0.25, 0.3) is 6.08 Å². The van der Waals surface area contributed by atoms with E-state index in [1.54, 1.807) is 36.4 Å². The van der Waals surface area contributed by atoms with E-state index in [2.05, 4.69) is 0 Å². The van der Waals surface area contributed by atoms with Gasteiger partial charge in [0.25, 0.3) is 0 Å². The third kappa shape index (κ3) is 4.33. The average molecular weight is 307 g/mol. The van der Waals surface area contributed by atoms with Crippen molar-refractivity contribution >= 4 is 23.6 Å². The number of hydrogen-bond donors (Lipinski definition) is 1. The first-order chi connectivity index (χ1) is 10.1. The molecule has 0 radical (unpaired) electrons. The van der Waals surface area contributed by atoms with Gasteiger partial charge >= 0.3 is 5.97 Å². The van der Waals surface area contributed by atoms with Gasteiger partial charge in [-0.25, -0.2) is 9.18 Å². The topological polar surface area (TPSA) is 46.5 Å². The summed E-state index contributed by atoms with van der Waals surface area (Å²) in [6.45, 7) is 0.0662. The molecule has 1 N–H and O–H groups in total. The smallest absolute Gasteiger partial charge is 0.328 e. The highest BCUT2D eigenvalue weighted by atomic mass is 35.5. The molecule has 0 unspecified atom stereocenters. The maximum atomic E-state index is 13.5. The van der Waals surface area contributed by atoms with Crippen LogP contribution in [-0.2, 0) is 11.4 Å². The second-order valence-corrected chi connectivity index (χ2v) is 4.65. The van der Waals surface area contributed by atoms with Crippen LogP contribution in [0.5, 0.6) is 5.75 Å². The lowest BCUT2D eigenvalue weighted by Crippen LogP contribution is -1.98. The molecule has 2 rings (SSSR count). The van der Waals surface area contributed by atoms with Gasteiger partial charge in [0, 0.05) is 11.6 Å². The number of ether oxygens (including phenoxy) is 1. The predicted octanol–water partition coefficient (Wildman–Crippen LogP) is 4.16. The lowest BCUT2D eigenvalue weighted by atomic mass is 10.2. The third-order valence-corrected chi connectivity index (χ3v) is 3.01. The van der Waals surface area contributed by atoms with Crippen LogP contribution in [0.1, 0.15) is 11.1 Å². The van der Waals surface area contributed by atoms with E-state index in [0.29, 0.717) is 21.9 Å². The van der Waals surface area contributed by atoms with Crippen molar-refractivity contribution in [1.29, 1.82) is 0 Å². The van der Waals surface area contributed by atoms with Crippen molar-refractivity contribution in [2.75, 3.05) is 0 Å². The Bertz CT molecular complexity index is 683. The molecule has 3 nitrogen and oxygen atoms in total. The molecule has 0 bridgehead atoms. The Morgan fingerprint density at radius 3 is 2.71 bits per heavy atom. The van der Waals surface area contributed by atoms with Gasteiger partial charge in [-0.3, -0.25) is 0 Å². The Hall–Kier alpha value is -2.33. The first kappa shape index (κ1) is 15.1. The van der Waals surface area contributed by atoms with Crippen LogP contribution in [-0.4, -0.2) is 11.1 Å². The highest BCUT2D eigenvalue weighted by Crippen LogP contribution is 2.27. The maximum Gasteiger partial charge on any atom is 0.328 e. The molecule has 0 atom stereocenters. The highest BCUT2D eigenvalue weighted by molar-refractivity contribution is 6.32. The van der Waals surface area contributed by atoms with Crippen LogP contribution in [0.2, 0.25) is 5.02 Å². The van der Waals surface area contributed by atoms with E-state index in [1.165, 1.54) is 12.1 Å². The number of aliphatic carboxylic acids is 1. The van der Waals surface area contributed by atoms with Crippen LogP contribution in [0, 0.1) is 5.82 Å². The fraction of sp³-hybridized carbons (Fsp3) is 0.0625. The molecule has 0 aliphatic carbocycles. The molecule has 5 heteroatoms. The number of halogens is 2. The summed E-state index contributed by atoms with van der Waals surface area (Å²) in [4.78, 5) is 10.4. The molecule has 0 saturated carbocycles. The van der Waals surface area contributed by atoms with Gasteiger partial charge < -0.3 is 9.84 Å². The van der Waals surface area contributed by atoms with Crippen molar-refractivity contribution in [2.45, 2.75) is 6.61 Å². The molecule has 21 heavy (non-hydrogen) atoms. The molecule has 2 aromatic rings. The Morgan fingerprint density at radius 1 is 1.29 bits per heavy atom. The molecule has 2 aromatic carbocycles. The van der Waals surface area contributed by atoms with Crippen LogP contribution < -0.4 is 4.74 Å². The largest absolute Gasteiger partial charge is 0.487 e. The predicted molar refractivity (Wildman–Crippen MR) is 78.9 cm³/mol. The van der Waals surface area contributed by atoms with Crippen LogP contribution in [0.4, 0.5) is 4.39 Å². The van der Waals surface area contributed by atoms with E-state index in [0.717, 1.165) is 6.08 Å². The monoisotopic (exact) mass is 306 g/mol. The standard InChI is InChI=1S/C16H12ClFO3/c17-13-9-11(6-8-16(19)20)5-7-15(13)21-10-12-3-1-2-4-14(12)18/h1-9H,10H2,(H,19,20)/b8-6+. The molecule has 0 saturated heterocycles. The summed E-state index contributed by atoms with van der Waals surface area (Å²) in [7, 11) is 0. The summed E-state index contributed by atoms with van der Waals surface area (Å²) >= 11 is 6.05. The van der Waals surface area contributed by atoms with Gasteiger partial charge in [-0.1, -0.05) is 35.9 Å². The maximum absolute atomic E-state index is 13.5. The van der Waals surface area contributed by atoms with E-state index >= 15 is 0 Å². The SMILES string of the molecule is O=C(O)/C=C/c1ccc(OCc2ccccc2F)c(Cl)c1. The molecular formula is C16H12ClFO3. The number of carboxylic acid groups (broad SMARTS) is 1. The van der Waals surface area contributed by atoms with Crippen molar-refractivity contribution < 1.29 is 19.0 Å². The molecule has 0 aromatic heterocycles. The summed E-state index contributed by atoms with van der Waals surface area (Å²) in [5, 5.41) is 8.89. The van der Waals surface area contributed by atoms with Crippen LogP contribution >= 0.6 is 11.6 Å². The number of benzene rings is 2. The van der Waals surface area contributed by atoms with E-state index in [9.17, 15) is 9.18 Å². The molecule has 0 aliphatic rings. The zero-order chi connectivity index (χ0) is 15.2. The van der Waals surface area contributed by atoms with Gasteiger partial charge in [-0.2, -0.15) is 0 Å². The summed E-state index contributed by atoms with van der Waals surface area (Å²) in [6.07, 6.45) is 2.44. The van der Waals surface area contributed by atoms with Crippen LogP contribution in [0.15, 0.2) is 48.5 Å². The summed E-state index contributed by atoms with van der Waals surface area (Å²) in [5.74, 6) is -0.965. The molecule has 0 fully saturated rings. The van der Waals surface area contributed by atoms with E-state index in [1.807, 2.05) is 0 Å². The number of hydrogen-bond acceptors (Lipinski definition) is 2. The lowest BCUT2D eigenvalue weighted by molar-refractivity contribution is -0.131. The fourth-order valence-electron chi connectivity index (χ4n) is 1.68. The van der Waals surface area contributed by atoms with Crippen molar-refractivity contribution in [3.05, 3.63) is 70.5 Å². The van der Waals surface area contributed by atoms with Crippen molar-refractivity contribution in [2.24, 2.45) is 0 Å². The van der Waals surface area contributed by atoms with E-state index < -0.39 is 5.97 Å². The summed E-state index contributed by atoms with van der Waals surface area (Å²) in [6, 6.07) is 11.2. The van der Waals surface area contributed by atoms with Gasteiger partial charge in [0.05, 0.1) is 5.02 Å². The van der Waals surface area contributed by atoms with E-state index in [-0.39, 0.29) is 12.4 Å². The molecule has 108 valence electrons. The third-order valence-electron chi connectivity index (χ3n) is 2.72. The number of rotatable bonds is 5. The molecular weight excluding hydrogens is 295 g/mol. The second kappa shape index (κ2) is 6.90. The van der Waals surface area contributed by atoms with Gasteiger partial charge in [-0.15, -0.1) is 0 Å². The first-order valence-electron chi connectivity index (χ1n) is 6.13. The van der Waals surface area contributed by atoms with Gasteiger partial charge in [-0.05, 0) is 29.8 Å². The zero-order valence-electron chi connectivity index (χ0n) is 10.9. The zero-order valence-corrected chi connectivity index (χ0v) is 11.7. The normalized spacial score (nSPS) is 10.8. The molecule has 0 heterocycles. The Labute approximate surface area is 126 Å². The lowest BCUT2D eigenvalue weighted by Gasteiger charge is -2.09. The minimum absolute atomic E-state index is 0.0662. The second-order valence-electron chi connectivity index (χ2n) is 4.24. The molecule has 0 amide bonds. The minimum Gasteiger partial charge on any atom is -0.487 e. The quantitative estimate of drug-likeness (QED) is 0.844. The Morgan fingerprint density at radius 2 is 2.05 bits per heavy atom. The van der Waals surface area contributed by atoms with Crippen molar-refractivity contribution in [1.82, 2.24) is 0 Å². The average Bonchev–Trinajstić information content (AvgIpc) is 2.45. The highest BCUT2D eigenvalue weighted by Gasteiger charge is 2.05. The van der Waals surface area contributed by atoms with Gasteiger partial charge in [0.15, 0.2) is 0 Å². The first-order valence-corrected chi connectivity index (χ1v) is 6.51. The number of carbonyl (C=O) groups is 1. The Kier molecular flexibility index (Phi) is 4.95. The van der Waals surface area contributed by atoms with Gasteiger partial charge in [0.1, 0.15) is 18.2 Å². The van der Waals surface area contributed by atoms with Gasteiger partial charge in [0.2, 0.25) is 0 Å². The number of carboxylic acids is 1. The molecule has 0 aliphatic heterocycles. The van der Waals surface area contributed by atoms with E-state index in [4.69, 9.17) is 21.4 Å². The van der Waals surface area contributed by atoms with Crippen molar-refractivity contribution in [3.8, 4) is 5.75 Å². The molecule has 0 spiro atoms.